The summed E-state index contributed by atoms with van der Waals surface area (Å²) in [7, 11) is 0. The molecule has 4 rings (SSSR count). The molecule has 0 amide bonds. The number of hydrogen-bond acceptors (Lipinski definition) is 4. The van der Waals surface area contributed by atoms with E-state index in [1.54, 1.807) is 0 Å². The summed E-state index contributed by atoms with van der Waals surface area (Å²) in [5, 5.41) is 6.41. The highest BCUT2D eigenvalue weighted by Crippen LogP contribution is 2.21. The quantitative estimate of drug-likeness (QED) is 0.780. The van der Waals surface area contributed by atoms with Gasteiger partial charge in [-0.2, -0.15) is 0 Å². The van der Waals surface area contributed by atoms with E-state index in [0.717, 1.165) is 23.6 Å². The summed E-state index contributed by atoms with van der Waals surface area (Å²) in [6, 6.07) is 11.4. The zero-order chi connectivity index (χ0) is 15.6. The average molecular weight is 311 g/mol. The lowest BCUT2D eigenvalue weighted by atomic mass is 10.1. The van der Waals surface area contributed by atoms with Gasteiger partial charge in [0.15, 0.2) is 0 Å². The smallest absolute Gasteiger partial charge is 0.137 e. The molecule has 0 aromatic carbocycles. The zero-order valence-corrected chi connectivity index (χ0v) is 12.6. The van der Waals surface area contributed by atoms with Crippen molar-refractivity contribution >= 4 is 11.5 Å². The summed E-state index contributed by atoms with van der Waals surface area (Å²) >= 11 is 0. The van der Waals surface area contributed by atoms with Gasteiger partial charge >= 0.3 is 0 Å². The van der Waals surface area contributed by atoms with Crippen LogP contribution in [0, 0.1) is 0 Å². The summed E-state index contributed by atoms with van der Waals surface area (Å²) in [6.07, 6.45) is 3.45. The third-order valence-corrected chi connectivity index (χ3v) is 4.16. The maximum Gasteiger partial charge on any atom is 0.137 e. The summed E-state index contributed by atoms with van der Waals surface area (Å²) in [5.74, 6) is 0.685. The van der Waals surface area contributed by atoms with E-state index >= 15 is 0 Å². The number of fused-ring (bicyclic) bond motifs is 1. The molecule has 4 heterocycles. The van der Waals surface area contributed by atoms with Gasteiger partial charge in [-0.15, -0.1) is 0 Å². The van der Waals surface area contributed by atoms with Crippen LogP contribution in [0.25, 0.3) is 17.0 Å². The number of hydrogen-bond donors (Lipinski definition) is 2. The predicted octanol–water partition coefficient (Wildman–Crippen LogP) is 2.51. The molecular formula is C17H18FN5. The Balaban J connectivity index is 1.63. The predicted molar refractivity (Wildman–Crippen MR) is 88.2 cm³/mol. The molecule has 1 aliphatic heterocycles. The first kappa shape index (κ1) is 14.1. The van der Waals surface area contributed by atoms with Gasteiger partial charge in [-0.05, 0) is 37.2 Å². The normalized spacial score (nSPS) is 21.4. The first-order valence-electron chi connectivity index (χ1n) is 7.82. The number of alkyl halides is 1. The Morgan fingerprint density at radius 3 is 3.09 bits per heavy atom. The van der Waals surface area contributed by atoms with Crippen LogP contribution in [0.4, 0.5) is 10.2 Å². The number of aromatic nitrogens is 3. The SMILES string of the molecule is F[C@H]1CCNC[C@@H]1Nc1cccc(-c2cnc3ccccn23)n1. The molecule has 0 bridgehead atoms. The van der Waals surface area contributed by atoms with Crippen molar-refractivity contribution in [2.45, 2.75) is 18.6 Å². The van der Waals surface area contributed by atoms with Crippen LogP contribution in [-0.2, 0) is 0 Å². The van der Waals surface area contributed by atoms with Gasteiger partial charge in [0, 0.05) is 12.7 Å². The Hall–Kier alpha value is -2.47. The van der Waals surface area contributed by atoms with Crippen LogP contribution in [0.15, 0.2) is 48.8 Å². The number of halogens is 1. The first-order valence-corrected chi connectivity index (χ1v) is 7.82. The van der Waals surface area contributed by atoms with Crippen LogP contribution in [-0.4, -0.2) is 39.7 Å². The van der Waals surface area contributed by atoms with Crippen LogP contribution in [0.3, 0.4) is 0 Å². The molecule has 1 aliphatic rings. The molecule has 118 valence electrons. The molecule has 1 saturated heterocycles. The van der Waals surface area contributed by atoms with Gasteiger partial charge in [-0.3, -0.25) is 4.40 Å². The van der Waals surface area contributed by atoms with Crippen LogP contribution in [0.2, 0.25) is 0 Å². The fourth-order valence-corrected chi connectivity index (χ4v) is 2.94. The molecule has 3 aromatic rings. The highest BCUT2D eigenvalue weighted by Gasteiger charge is 2.24. The molecular weight excluding hydrogens is 293 g/mol. The van der Waals surface area contributed by atoms with Crippen molar-refractivity contribution in [3.8, 4) is 11.4 Å². The van der Waals surface area contributed by atoms with Gasteiger partial charge in [0.25, 0.3) is 0 Å². The lowest BCUT2D eigenvalue weighted by Gasteiger charge is -2.28. The van der Waals surface area contributed by atoms with Gasteiger partial charge < -0.3 is 10.6 Å². The van der Waals surface area contributed by atoms with E-state index in [1.807, 2.05) is 53.2 Å². The second-order valence-corrected chi connectivity index (χ2v) is 5.74. The van der Waals surface area contributed by atoms with Crippen LogP contribution >= 0.6 is 0 Å². The Morgan fingerprint density at radius 1 is 1.22 bits per heavy atom. The molecule has 3 aromatic heterocycles. The lowest BCUT2D eigenvalue weighted by Crippen LogP contribution is -2.46. The Morgan fingerprint density at radius 2 is 2.17 bits per heavy atom. The minimum Gasteiger partial charge on any atom is -0.363 e. The zero-order valence-electron chi connectivity index (χ0n) is 12.6. The maximum absolute atomic E-state index is 14.0. The van der Waals surface area contributed by atoms with E-state index in [2.05, 4.69) is 20.6 Å². The van der Waals surface area contributed by atoms with Crippen LogP contribution in [0.1, 0.15) is 6.42 Å². The van der Waals surface area contributed by atoms with E-state index < -0.39 is 6.17 Å². The van der Waals surface area contributed by atoms with Crippen molar-refractivity contribution in [3.05, 3.63) is 48.8 Å². The van der Waals surface area contributed by atoms with Crippen molar-refractivity contribution < 1.29 is 4.39 Å². The number of rotatable bonds is 3. The summed E-state index contributed by atoms with van der Waals surface area (Å²) < 4.78 is 16.0. The molecule has 0 spiro atoms. The number of nitrogens with one attached hydrogen (secondary N) is 2. The summed E-state index contributed by atoms with van der Waals surface area (Å²) in [4.78, 5) is 9.01. The van der Waals surface area contributed by atoms with Gasteiger partial charge in [0.2, 0.25) is 0 Å². The van der Waals surface area contributed by atoms with Crippen molar-refractivity contribution in [3.63, 3.8) is 0 Å². The monoisotopic (exact) mass is 311 g/mol. The number of pyridine rings is 2. The lowest BCUT2D eigenvalue weighted by molar-refractivity contribution is 0.241. The minimum atomic E-state index is -0.850. The maximum atomic E-state index is 14.0. The molecule has 0 unspecified atom stereocenters. The third-order valence-electron chi connectivity index (χ3n) is 4.16. The van der Waals surface area contributed by atoms with E-state index in [9.17, 15) is 4.39 Å². The molecule has 2 N–H and O–H groups in total. The Bertz CT molecular complexity index is 815. The average Bonchev–Trinajstić information content (AvgIpc) is 3.01. The van der Waals surface area contributed by atoms with Gasteiger partial charge in [-0.25, -0.2) is 14.4 Å². The van der Waals surface area contributed by atoms with E-state index in [0.29, 0.717) is 18.8 Å². The molecule has 0 radical (unpaired) electrons. The second kappa shape index (κ2) is 5.96. The third kappa shape index (κ3) is 2.77. The highest BCUT2D eigenvalue weighted by atomic mass is 19.1. The molecule has 6 heteroatoms. The highest BCUT2D eigenvalue weighted by molar-refractivity contribution is 5.61. The molecule has 1 fully saturated rings. The first-order chi connectivity index (χ1) is 11.3. The minimum absolute atomic E-state index is 0.242. The second-order valence-electron chi connectivity index (χ2n) is 5.74. The number of anilines is 1. The molecule has 5 nitrogen and oxygen atoms in total. The number of imidazole rings is 1. The van der Waals surface area contributed by atoms with Crippen molar-refractivity contribution in [1.82, 2.24) is 19.7 Å². The van der Waals surface area contributed by atoms with E-state index in [4.69, 9.17) is 0 Å². The van der Waals surface area contributed by atoms with Crippen molar-refractivity contribution in [1.29, 1.82) is 0 Å². The summed E-state index contributed by atoms with van der Waals surface area (Å²) in [6.45, 7) is 1.34. The van der Waals surface area contributed by atoms with Crippen molar-refractivity contribution in [2.75, 3.05) is 18.4 Å². The Labute approximate surface area is 133 Å². The topological polar surface area (TPSA) is 54.2 Å². The summed E-state index contributed by atoms with van der Waals surface area (Å²) in [5.41, 5.74) is 2.61. The molecule has 0 saturated carbocycles. The van der Waals surface area contributed by atoms with Gasteiger partial charge in [0.1, 0.15) is 17.6 Å². The molecule has 23 heavy (non-hydrogen) atoms. The molecule has 0 aliphatic carbocycles. The largest absolute Gasteiger partial charge is 0.363 e. The van der Waals surface area contributed by atoms with Crippen molar-refractivity contribution in [2.24, 2.45) is 0 Å². The van der Waals surface area contributed by atoms with E-state index in [1.165, 1.54) is 0 Å². The van der Waals surface area contributed by atoms with E-state index in [-0.39, 0.29) is 6.04 Å². The fourth-order valence-electron chi connectivity index (χ4n) is 2.94. The van der Waals surface area contributed by atoms with Crippen LogP contribution in [0.5, 0.6) is 0 Å². The number of piperidine rings is 1. The van der Waals surface area contributed by atoms with Gasteiger partial charge in [-0.1, -0.05) is 12.1 Å². The number of nitrogens with zero attached hydrogens (tertiary/aromatic N) is 3. The van der Waals surface area contributed by atoms with Gasteiger partial charge in [0.05, 0.1) is 23.6 Å². The fraction of sp³-hybridized carbons (Fsp3) is 0.294. The molecule has 2 atom stereocenters. The Kier molecular flexibility index (Phi) is 3.67. The van der Waals surface area contributed by atoms with Crippen LogP contribution < -0.4 is 10.6 Å². The standard InChI is InChI=1S/C17H18FN5/c18-12-7-8-19-10-14(12)22-16-5-3-4-13(21-16)15-11-20-17-6-1-2-9-23(15)17/h1-6,9,11-12,14,19H,7-8,10H2,(H,21,22)/t12-,14-/m0/s1.